The molecule has 2 fully saturated rings. The van der Waals surface area contributed by atoms with E-state index in [1.54, 1.807) is 28.1 Å². The van der Waals surface area contributed by atoms with E-state index in [9.17, 15) is 29.1 Å². The van der Waals surface area contributed by atoms with Crippen LogP contribution in [0.15, 0.2) is 60.0 Å². The first-order valence-electron chi connectivity index (χ1n) is 22.7. The maximum Gasteiger partial charge on any atom is 0.407 e. The first kappa shape index (κ1) is 55.5. The fourth-order valence-corrected chi connectivity index (χ4v) is 10.6. The molecule has 0 radical (unpaired) electrons. The van der Waals surface area contributed by atoms with Crippen LogP contribution < -0.4 is 25.8 Å². The van der Waals surface area contributed by atoms with Gasteiger partial charge in [0.15, 0.2) is 5.69 Å². The van der Waals surface area contributed by atoms with Crippen molar-refractivity contribution in [1.82, 2.24) is 29.7 Å². The van der Waals surface area contributed by atoms with Gasteiger partial charge in [-0.05, 0) is 147 Å². The van der Waals surface area contributed by atoms with Gasteiger partial charge in [-0.1, -0.05) is 59.6 Å². The number of carbonyl (C=O) groups is 5. The average Bonchev–Trinajstić information content (AvgIpc) is 3.98. The number of imidazole rings is 2. The number of rotatable bonds is 12. The van der Waals surface area contributed by atoms with Crippen molar-refractivity contribution in [2.75, 3.05) is 48.4 Å². The zero-order chi connectivity index (χ0) is 51.8. The van der Waals surface area contributed by atoms with Crippen molar-refractivity contribution in [1.29, 1.82) is 0 Å². The van der Waals surface area contributed by atoms with Crippen molar-refractivity contribution in [3.05, 3.63) is 105 Å². The van der Waals surface area contributed by atoms with Crippen LogP contribution in [0.1, 0.15) is 109 Å². The maximum absolute atomic E-state index is 13.7. The molecule has 5 heterocycles. The Kier molecular flexibility index (Phi) is 18.9. The third-order valence-electron chi connectivity index (χ3n) is 10.9. The fourth-order valence-electron chi connectivity index (χ4n) is 7.96. The molecular weight excluding hydrogens is 1200 g/mol. The summed E-state index contributed by atoms with van der Waals surface area (Å²) in [4.78, 5) is 76.2. The summed E-state index contributed by atoms with van der Waals surface area (Å²) in [6.45, 7) is 13.9. The lowest BCUT2D eigenvalue weighted by Crippen LogP contribution is -2.49. The van der Waals surface area contributed by atoms with Crippen LogP contribution in [0.5, 0.6) is 0 Å². The number of aromatic carboxylic acids is 1. The molecule has 0 bridgehead atoms. The monoisotopic (exact) mass is 1260 g/mol. The number of methoxy groups -OCH3 is 1. The molecule has 71 heavy (non-hydrogen) atoms. The van der Waals surface area contributed by atoms with Crippen molar-refractivity contribution in [3.8, 4) is 0 Å². The smallest absolute Gasteiger partial charge is 0.407 e. The van der Waals surface area contributed by atoms with Gasteiger partial charge in [-0.25, -0.2) is 29.1 Å². The van der Waals surface area contributed by atoms with Crippen LogP contribution in [0.2, 0.25) is 10.0 Å². The van der Waals surface area contributed by atoms with Gasteiger partial charge in [-0.3, -0.25) is 9.36 Å². The summed E-state index contributed by atoms with van der Waals surface area (Å²) < 4.78 is 20.1. The Morgan fingerprint density at radius 1 is 0.732 bits per heavy atom. The SMILES string of the molecule is CC(C)(C)OC(=O)N[C@@H]1CCCN(c2nc(I)c(C(=O)O)n2Cc2ccccc2Cl)C1.COC(=O)c1sccc1NC(=O)c1c(I)nc(N2CCC[C@@H](NC(=O)OC(C)(C)C)C2)n1Cc1ccccc1Cl. The third kappa shape index (κ3) is 15.1. The van der Waals surface area contributed by atoms with Gasteiger partial charge in [0.2, 0.25) is 11.9 Å². The van der Waals surface area contributed by atoms with Gasteiger partial charge in [-0.2, -0.15) is 0 Å². The third-order valence-corrected chi connectivity index (χ3v) is 14.1. The van der Waals surface area contributed by atoms with Crippen molar-refractivity contribution in [3.63, 3.8) is 0 Å². The number of esters is 1. The van der Waals surface area contributed by atoms with Gasteiger partial charge in [0, 0.05) is 48.3 Å². The standard InChI is InChI=1S/C27H31ClIN5O5S.C21H26ClIN4O4/c1-27(2,3)39-26(37)30-17-9-7-12-33(15-17)25-32-22(29)20(34(25)14-16-8-5-6-10-18(16)28)23(35)31-19-11-13-40-21(19)24(36)38-4;1-21(2,3)31-20(30)24-14-8-6-10-26(12-14)19-25-17(23)16(18(28)29)27(19)11-13-7-4-5-9-15(13)22/h5-6,8,10-11,13,17H,7,9,12,14-15H2,1-4H3,(H,30,37)(H,31,35);4-5,7,9,14H,6,8,10-12H2,1-3H3,(H,24,30)(H,28,29)/t17-;14-/m11/s1. The van der Waals surface area contributed by atoms with Gasteiger partial charge in [0.05, 0.1) is 25.9 Å². The topological polar surface area (TPSA) is 211 Å². The second-order valence-electron chi connectivity index (χ2n) is 18.7. The molecule has 3 amide bonds. The number of alkyl carbamates (subject to hydrolysis) is 2. The number of ether oxygens (including phenoxy) is 3. The summed E-state index contributed by atoms with van der Waals surface area (Å²) in [7, 11) is 1.30. The van der Waals surface area contributed by atoms with E-state index in [1.165, 1.54) is 18.4 Å². The minimum atomic E-state index is -1.05. The van der Waals surface area contributed by atoms with Crippen molar-refractivity contribution in [2.45, 2.75) is 104 Å². The highest BCUT2D eigenvalue weighted by molar-refractivity contribution is 14.1. The first-order chi connectivity index (χ1) is 33.5. The van der Waals surface area contributed by atoms with Crippen molar-refractivity contribution < 1.29 is 43.3 Å². The largest absolute Gasteiger partial charge is 0.476 e. The van der Waals surface area contributed by atoms with E-state index in [2.05, 4.69) is 25.8 Å². The van der Waals surface area contributed by atoms with Crippen LogP contribution in [0.4, 0.5) is 27.2 Å². The van der Waals surface area contributed by atoms with Crippen LogP contribution >= 0.6 is 79.7 Å². The second kappa shape index (κ2) is 24.2. The van der Waals surface area contributed by atoms with E-state index in [0.717, 1.165) is 36.8 Å². The minimum absolute atomic E-state index is 0.123. The molecule has 2 atom stereocenters. The summed E-state index contributed by atoms with van der Waals surface area (Å²) in [6.07, 6.45) is 2.32. The van der Waals surface area contributed by atoms with E-state index in [4.69, 9.17) is 42.4 Å². The van der Waals surface area contributed by atoms with Crippen LogP contribution in [0.25, 0.3) is 0 Å². The highest BCUT2D eigenvalue weighted by Gasteiger charge is 2.33. The number of hydrogen-bond acceptors (Lipinski definition) is 13. The Morgan fingerprint density at radius 2 is 1.18 bits per heavy atom. The van der Waals surface area contributed by atoms with Gasteiger partial charge in [-0.15, -0.1) is 11.3 Å². The Balaban J connectivity index is 0.000000240. The number of halogens is 4. The van der Waals surface area contributed by atoms with Gasteiger partial charge in [0.25, 0.3) is 5.91 Å². The Bertz CT molecular complexity index is 2740. The number of nitrogens with one attached hydrogen (secondary N) is 3. The molecule has 23 heteroatoms. The van der Waals surface area contributed by atoms with E-state index >= 15 is 0 Å². The summed E-state index contributed by atoms with van der Waals surface area (Å²) >= 11 is 18.0. The predicted molar refractivity (Wildman–Crippen MR) is 291 cm³/mol. The number of nitrogens with zero attached hydrogens (tertiary/aromatic N) is 6. The minimum Gasteiger partial charge on any atom is -0.476 e. The molecule has 2 aliphatic heterocycles. The van der Waals surface area contributed by atoms with Gasteiger partial charge < -0.3 is 49.6 Å². The molecule has 382 valence electrons. The van der Waals surface area contributed by atoms with Gasteiger partial charge in [0.1, 0.15) is 29.2 Å². The molecule has 0 spiro atoms. The van der Waals surface area contributed by atoms with Crippen LogP contribution in [-0.4, -0.2) is 111 Å². The lowest BCUT2D eigenvalue weighted by atomic mass is 10.1. The molecule has 2 aliphatic rings. The highest BCUT2D eigenvalue weighted by Crippen LogP contribution is 2.31. The Labute approximate surface area is 453 Å². The molecule has 2 saturated heterocycles. The number of carboxylic acids is 1. The van der Waals surface area contributed by atoms with Crippen molar-refractivity contribution >= 4 is 127 Å². The molecule has 18 nitrogen and oxygen atoms in total. The number of anilines is 3. The summed E-state index contributed by atoms with van der Waals surface area (Å²) in [5.41, 5.74) is 1.28. The molecule has 0 aliphatic carbocycles. The van der Waals surface area contributed by atoms with E-state index in [0.29, 0.717) is 78.3 Å². The molecule has 5 aromatic rings. The molecule has 7 rings (SSSR count). The van der Waals surface area contributed by atoms with Crippen LogP contribution in [-0.2, 0) is 27.3 Å². The lowest BCUT2D eigenvalue weighted by molar-refractivity contribution is 0.0488. The number of piperidine rings is 2. The number of thiophene rings is 1. The fraction of sp³-hybridized carbons (Fsp3) is 0.438. The molecule has 2 aromatic carbocycles. The normalized spacial score (nSPS) is 16.0. The van der Waals surface area contributed by atoms with E-state index in [-0.39, 0.29) is 24.3 Å². The quantitative estimate of drug-likeness (QED) is 0.0521. The lowest BCUT2D eigenvalue weighted by Gasteiger charge is -2.34. The zero-order valence-corrected chi connectivity index (χ0v) is 47.0. The summed E-state index contributed by atoms with van der Waals surface area (Å²) in [5.74, 6) is -0.849. The molecule has 4 N–H and O–H groups in total. The predicted octanol–water partition coefficient (Wildman–Crippen LogP) is 10.2. The molecule has 0 saturated carbocycles. The second-order valence-corrected chi connectivity index (χ2v) is 22.5. The van der Waals surface area contributed by atoms with E-state index in [1.807, 2.05) is 133 Å². The zero-order valence-electron chi connectivity index (χ0n) is 40.3. The van der Waals surface area contributed by atoms with Crippen molar-refractivity contribution in [2.24, 2.45) is 0 Å². The number of aromatic nitrogens is 4. The maximum atomic E-state index is 13.7. The number of benzene rings is 2. The molecule has 3 aromatic heterocycles. The van der Waals surface area contributed by atoms with Gasteiger partial charge >= 0.3 is 24.1 Å². The first-order valence-corrected chi connectivity index (χ1v) is 26.5. The van der Waals surface area contributed by atoms with Crippen LogP contribution in [0.3, 0.4) is 0 Å². The summed E-state index contributed by atoms with van der Waals surface area (Å²) in [6, 6.07) is 16.2. The number of carboxylic acid groups (broad SMARTS) is 1. The Hall–Kier alpha value is -4.85. The number of hydrogen-bond donors (Lipinski definition) is 4. The summed E-state index contributed by atoms with van der Waals surface area (Å²) in [5, 5.41) is 21.4. The number of carbonyl (C=O) groups excluding carboxylic acids is 4. The molecule has 0 unspecified atom stereocenters. The van der Waals surface area contributed by atoms with Crippen LogP contribution in [0, 0.1) is 7.40 Å². The number of amides is 3. The molecular formula is C48H57Cl2I2N9O9S. The average molecular weight is 1260 g/mol. The highest BCUT2D eigenvalue weighted by atomic mass is 127. The van der Waals surface area contributed by atoms with E-state index < -0.39 is 41.2 Å². The Morgan fingerprint density at radius 3 is 1.62 bits per heavy atom.